The summed E-state index contributed by atoms with van der Waals surface area (Å²) < 4.78 is 0. The molecule has 122 valence electrons. The van der Waals surface area contributed by atoms with E-state index in [-0.39, 0.29) is 31.0 Å². The van der Waals surface area contributed by atoms with Gasteiger partial charge in [0.2, 0.25) is 5.95 Å². The molecule has 4 nitrogen and oxygen atoms in total. The third-order valence-electron chi connectivity index (χ3n) is 3.41. The predicted molar refractivity (Wildman–Crippen MR) is 104 cm³/mol. The van der Waals surface area contributed by atoms with Gasteiger partial charge in [0.25, 0.3) is 0 Å². The van der Waals surface area contributed by atoms with E-state index in [1.54, 1.807) is 0 Å². The second-order valence-corrected chi connectivity index (χ2v) is 5.80. The largest absolute Gasteiger partial charge is 1.00 e. The molecule has 0 atom stereocenters. The minimum absolute atomic E-state index is 0. The summed E-state index contributed by atoms with van der Waals surface area (Å²) >= 11 is 5.64. The fourth-order valence-electron chi connectivity index (χ4n) is 2.41. The third kappa shape index (κ3) is 5.09. The van der Waals surface area contributed by atoms with Gasteiger partial charge in [-0.25, -0.2) is 9.97 Å². The maximum absolute atomic E-state index is 5.64. The summed E-state index contributed by atoms with van der Waals surface area (Å²) in [6.07, 6.45) is 0. The molecule has 0 unspecified atom stereocenters. The van der Waals surface area contributed by atoms with Gasteiger partial charge in [-0.2, -0.15) is 0 Å². The van der Waals surface area contributed by atoms with Crippen LogP contribution in [0.3, 0.4) is 0 Å². The number of benzene rings is 2. The molecule has 1 heterocycles. The van der Waals surface area contributed by atoms with E-state index in [0.717, 1.165) is 22.8 Å². The van der Waals surface area contributed by atoms with Gasteiger partial charge in [0.1, 0.15) is 0 Å². The van der Waals surface area contributed by atoms with Gasteiger partial charge in [-0.3, -0.25) is 4.90 Å². The van der Waals surface area contributed by atoms with Crippen LogP contribution in [0.15, 0.2) is 66.7 Å². The molecule has 6 heteroatoms. The molecule has 0 aliphatic heterocycles. The molecule has 0 fully saturated rings. The van der Waals surface area contributed by atoms with Gasteiger partial charge >= 0.3 is 29.6 Å². The minimum Gasteiger partial charge on any atom is -1.00 e. The van der Waals surface area contributed by atoms with E-state index in [2.05, 4.69) is 15.3 Å². The number of para-hydroxylation sites is 2. The Hall–Kier alpha value is -1.79. The standard InChI is InChI=1S/C19H18N4S.Na.H/c1-14-13-15(2)21-18(20-14)23(17-11-7-4-8-12-17)19(24)22-16-9-5-3-6-10-16;;/h3-13H,1-2H3,(H,22,24);;/q;+1;-1. The normalized spacial score (nSPS) is 9.84. The number of thiocarbonyl (C=S) groups is 1. The van der Waals surface area contributed by atoms with Crippen LogP contribution < -0.4 is 39.8 Å². The van der Waals surface area contributed by atoms with Crippen molar-refractivity contribution < 1.29 is 31.0 Å². The summed E-state index contributed by atoms with van der Waals surface area (Å²) in [6.45, 7) is 3.91. The van der Waals surface area contributed by atoms with Crippen LogP contribution in [0.5, 0.6) is 0 Å². The summed E-state index contributed by atoms with van der Waals surface area (Å²) in [7, 11) is 0. The van der Waals surface area contributed by atoms with Crippen molar-refractivity contribution >= 4 is 34.7 Å². The molecule has 0 saturated heterocycles. The second-order valence-electron chi connectivity index (χ2n) is 5.42. The number of aromatic nitrogens is 2. The van der Waals surface area contributed by atoms with Gasteiger partial charge in [0.05, 0.1) is 5.69 Å². The van der Waals surface area contributed by atoms with Crippen molar-refractivity contribution in [2.24, 2.45) is 0 Å². The average Bonchev–Trinajstić information content (AvgIpc) is 2.56. The van der Waals surface area contributed by atoms with Crippen LogP contribution in [0, 0.1) is 13.8 Å². The van der Waals surface area contributed by atoms with E-state index >= 15 is 0 Å². The first-order chi connectivity index (χ1) is 11.6. The Morgan fingerprint density at radius 3 is 2.00 bits per heavy atom. The number of hydrogen-bond acceptors (Lipinski definition) is 3. The fraction of sp³-hybridized carbons (Fsp3) is 0.105. The van der Waals surface area contributed by atoms with E-state index in [1.807, 2.05) is 85.5 Å². The quantitative estimate of drug-likeness (QED) is 0.571. The van der Waals surface area contributed by atoms with Crippen molar-refractivity contribution in [2.45, 2.75) is 13.8 Å². The monoisotopic (exact) mass is 358 g/mol. The van der Waals surface area contributed by atoms with Crippen LogP contribution in [-0.4, -0.2) is 15.1 Å². The number of nitrogens with one attached hydrogen (secondary N) is 1. The molecule has 0 saturated carbocycles. The molecule has 3 aromatic rings. The summed E-state index contributed by atoms with van der Waals surface area (Å²) in [5, 5.41) is 3.78. The molecule has 0 amide bonds. The van der Waals surface area contributed by atoms with Crippen LogP contribution in [0.1, 0.15) is 12.8 Å². The molecule has 2 aromatic carbocycles. The van der Waals surface area contributed by atoms with Crippen LogP contribution in [0.25, 0.3) is 0 Å². The SMILES string of the molecule is Cc1cc(C)nc(N(C(=S)Nc2ccccc2)c2ccccc2)n1.[H-].[Na+]. The molecule has 0 bridgehead atoms. The van der Waals surface area contributed by atoms with Crippen LogP contribution in [0.4, 0.5) is 17.3 Å². The molecule has 0 spiro atoms. The molecule has 3 rings (SSSR count). The van der Waals surface area contributed by atoms with Gasteiger partial charge < -0.3 is 6.74 Å². The first-order valence-corrected chi connectivity index (χ1v) is 8.08. The molecular formula is C19H19N4NaS. The van der Waals surface area contributed by atoms with E-state index in [9.17, 15) is 0 Å². The second kappa shape index (κ2) is 9.06. The number of anilines is 3. The Labute approximate surface area is 177 Å². The Bertz CT molecular complexity index is 826. The zero-order valence-corrected chi connectivity index (χ0v) is 17.4. The Morgan fingerprint density at radius 1 is 0.920 bits per heavy atom. The molecule has 1 N–H and O–H groups in total. The predicted octanol–water partition coefficient (Wildman–Crippen LogP) is 1.75. The molecule has 0 aliphatic carbocycles. The van der Waals surface area contributed by atoms with Gasteiger partial charge in [-0.1, -0.05) is 36.4 Å². The van der Waals surface area contributed by atoms with Crippen molar-refractivity contribution in [1.82, 2.24) is 9.97 Å². The van der Waals surface area contributed by atoms with Crippen LogP contribution in [-0.2, 0) is 0 Å². The third-order valence-corrected chi connectivity index (χ3v) is 3.70. The Kier molecular flexibility index (Phi) is 7.08. The van der Waals surface area contributed by atoms with E-state index in [4.69, 9.17) is 12.2 Å². The van der Waals surface area contributed by atoms with Gasteiger partial charge in [0.15, 0.2) is 5.11 Å². The molecule has 0 aliphatic rings. The van der Waals surface area contributed by atoms with E-state index < -0.39 is 0 Å². The maximum atomic E-state index is 5.64. The maximum Gasteiger partial charge on any atom is 1.00 e. The number of rotatable bonds is 3. The summed E-state index contributed by atoms with van der Waals surface area (Å²) in [4.78, 5) is 11.0. The summed E-state index contributed by atoms with van der Waals surface area (Å²) in [5.74, 6) is 0.562. The average molecular weight is 358 g/mol. The van der Waals surface area contributed by atoms with E-state index in [1.165, 1.54) is 0 Å². The smallest absolute Gasteiger partial charge is 1.00 e. The van der Waals surface area contributed by atoms with Crippen LogP contribution >= 0.6 is 12.2 Å². The molecular weight excluding hydrogens is 339 g/mol. The Balaban J connectivity index is 0.00000169. The van der Waals surface area contributed by atoms with Crippen molar-refractivity contribution in [2.75, 3.05) is 10.2 Å². The topological polar surface area (TPSA) is 41.1 Å². The van der Waals surface area contributed by atoms with Crippen molar-refractivity contribution in [1.29, 1.82) is 0 Å². The van der Waals surface area contributed by atoms with E-state index in [0.29, 0.717) is 11.1 Å². The molecule has 1 aromatic heterocycles. The Morgan fingerprint density at radius 2 is 1.44 bits per heavy atom. The number of aryl methyl sites for hydroxylation is 2. The molecule has 0 radical (unpaired) electrons. The first kappa shape index (κ1) is 19.5. The van der Waals surface area contributed by atoms with Crippen molar-refractivity contribution in [3.63, 3.8) is 0 Å². The number of hydrogen-bond donors (Lipinski definition) is 1. The van der Waals surface area contributed by atoms with Gasteiger partial charge in [0, 0.05) is 17.1 Å². The minimum atomic E-state index is 0. The van der Waals surface area contributed by atoms with Gasteiger partial charge in [-0.05, 0) is 56.4 Å². The van der Waals surface area contributed by atoms with Crippen molar-refractivity contribution in [3.05, 3.63) is 78.1 Å². The zero-order valence-electron chi connectivity index (χ0n) is 15.6. The number of nitrogens with zero attached hydrogens (tertiary/aromatic N) is 3. The first-order valence-electron chi connectivity index (χ1n) is 7.67. The van der Waals surface area contributed by atoms with Crippen molar-refractivity contribution in [3.8, 4) is 0 Å². The fourth-order valence-corrected chi connectivity index (χ4v) is 2.71. The molecule has 25 heavy (non-hydrogen) atoms. The van der Waals surface area contributed by atoms with Crippen LogP contribution in [0.2, 0.25) is 0 Å². The summed E-state index contributed by atoms with van der Waals surface area (Å²) in [5.41, 5.74) is 3.64. The summed E-state index contributed by atoms with van der Waals surface area (Å²) in [6, 6.07) is 21.7. The zero-order chi connectivity index (χ0) is 16.9. The van der Waals surface area contributed by atoms with Gasteiger partial charge in [-0.15, -0.1) is 0 Å².